The van der Waals surface area contributed by atoms with Gasteiger partial charge in [-0.2, -0.15) is 5.26 Å². The molecule has 1 aliphatic heterocycles. The number of nitrogens with zero attached hydrogens (tertiary/aromatic N) is 1. The first-order valence-corrected chi connectivity index (χ1v) is 6.50. The molecule has 6 heteroatoms. The Morgan fingerprint density at radius 1 is 1.25 bits per heavy atom. The molecule has 102 valence electrons. The SMILES string of the molecule is CC1(C)OC(=O)C(=Cc2cccc(Br)c2C#N)C(=O)O1. The average molecular weight is 336 g/mol. The second kappa shape index (κ2) is 5.10. The van der Waals surface area contributed by atoms with Crippen LogP contribution in [0.3, 0.4) is 0 Å². The lowest BCUT2D eigenvalue weighted by atomic mass is 10.0. The molecule has 0 aliphatic carbocycles. The molecule has 5 nitrogen and oxygen atoms in total. The molecule has 1 heterocycles. The first-order chi connectivity index (χ1) is 9.34. The molecule has 1 aromatic rings. The summed E-state index contributed by atoms with van der Waals surface area (Å²) in [4.78, 5) is 23.6. The van der Waals surface area contributed by atoms with Crippen molar-refractivity contribution in [2.45, 2.75) is 19.6 Å². The highest BCUT2D eigenvalue weighted by molar-refractivity contribution is 9.10. The third kappa shape index (κ3) is 2.73. The fourth-order valence-electron chi connectivity index (χ4n) is 1.71. The largest absolute Gasteiger partial charge is 0.419 e. The van der Waals surface area contributed by atoms with Crippen molar-refractivity contribution in [2.24, 2.45) is 0 Å². The zero-order valence-electron chi connectivity index (χ0n) is 10.8. The van der Waals surface area contributed by atoms with E-state index in [1.165, 1.54) is 19.9 Å². The minimum absolute atomic E-state index is 0.237. The van der Waals surface area contributed by atoms with Crippen LogP contribution in [0, 0.1) is 11.3 Å². The summed E-state index contributed by atoms with van der Waals surface area (Å²) in [6.45, 7) is 2.94. The Labute approximate surface area is 123 Å². The first kappa shape index (κ1) is 14.3. The summed E-state index contributed by atoms with van der Waals surface area (Å²) >= 11 is 3.24. The molecule has 0 radical (unpaired) electrons. The van der Waals surface area contributed by atoms with E-state index in [2.05, 4.69) is 15.9 Å². The van der Waals surface area contributed by atoms with Crippen LogP contribution >= 0.6 is 15.9 Å². The summed E-state index contributed by atoms with van der Waals surface area (Å²) in [5.74, 6) is -2.81. The number of benzene rings is 1. The van der Waals surface area contributed by atoms with E-state index < -0.39 is 17.7 Å². The van der Waals surface area contributed by atoms with Gasteiger partial charge in [-0.3, -0.25) is 0 Å². The predicted octanol–water partition coefficient (Wildman–Crippen LogP) is 2.54. The number of hydrogen-bond acceptors (Lipinski definition) is 5. The van der Waals surface area contributed by atoms with E-state index in [1.807, 2.05) is 6.07 Å². The van der Waals surface area contributed by atoms with Gasteiger partial charge in [0.1, 0.15) is 11.6 Å². The fourth-order valence-corrected chi connectivity index (χ4v) is 2.18. The van der Waals surface area contributed by atoms with Gasteiger partial charge in [-0.05, 0) is 33.6 Å². The molecule has 0 atom stereocenters. The monoisotopic (exact) mass is 335 g/mol. The number of carbonyl (C=O) groups excluding carboxylic acids is 2. The molecular formula is C14H10BrNO4. The molecule has 0 saturated carbocycles. The number of halogens is 1. The van der Waals surface area contributed by atoms with Crippen LogP contribution < -0.4 is 0 Å². The van der Waals surface area contributed by atoms with E-state index >= 15 is 0 Å². The van der Waals surface area contributed by atoms with Crippen LogP contribution in [0.15, 0.2) is 28.2 Å². The lowest BCUT2D eigenvalue weighted by Crippen LogP contribution is -2.41. The van der Waals surface area contributed by atoms with Gasteiger partial charge in [0, 0.05) is 18.3 Å². The van der Waals surface area contributed by atoms with Crippen molar-refractivity contribution in [2.75, 3.05) is 0 Å². The molecule has 0 bridgehead atoms. The normalized spacial score (nSPS) is 17.0. The third-order valence-electron chi connectivity index (χ3n) is 2.57. The topological polar surface area (TPSA) is 76.4 Å². The van der Waals surface area contributed by atoms with Crippen LogP contribution in [-0.4, -0.2) is 17.7 Å². The van der Waals surface area contributed by atoms with Crippen LogP contribution in [0.1, 0.15) is 25.0 Å². The molecule has 1 aliphatic rings. The maximum atomic E-state index is 11.8. The van der Waals surface area contributed by atoms with Crippen LogP contribution in [0.5, 0.6) is 0 Å². The molecule has 1 fully saturated rings. The van der Waals surface area contributed by atoms with E-state index in [0.29, 0.717) is 15.6 Å². The van der Waals surface area contributed by atoms with Gasteiger partial charge >= 0.3 is 11.9 Å². The second-order valence-electron chi connectivity index (χ2n) is 4.55. The Morgan fingerprint density at radius 3 is 2.40 bits per heavy atom. The Morgan fingerprint density at radius 2 is 1.85 bits per heavy atom. The van der Waals surface area contributed by atoms with Crippen molar-refractivity contribution in [3.8, 4) is 6.07 Å². The summed E-state index contributed by atoms with van der Waals surface area (Å²) in [6, 6.07) is 7.02. The summed E-state index contributed by atoms with van der Waals surface area (Å²) in [6.07, 6.45) is 1.29. The van der Waals surface area contributed by atoms with Gasteiger partial charge in [0.2, 0.25) is 0 Å². The standard InChI is InChI=1S/C14H10BrNO4/c1-14(2)19-12(17)9(13(18)20-14)6-8-4-3-5-11(15)10(8)7-16/h3-6H,1-2H3. The van der Waals surface area contributed by atoms with Crippen LogP contribution in [0.25, 0.3) is 6.08 Å². The van der Waals surface area contributed by atoms with E-state index in [4.69, 9.17) is 14.7 Å². The second-order valence-corrected chi connectivity index (χ2v) is 5.41. The number of esters is 2. The smallest absolute Gasteiger partial charge is 0.348 e. The van der Waals surface area contributed by atoms with Crippen molar-refractivity contribution in [3.05, 3.63) is 39.4 Å². The number of ether oxygens (including phenoxy) is 2. The zero-order chi connectivity index (χ0) is 14.9. The van der Waals surface area contributed by atoms with E-state index in [1.54, 1.807) is 18.2 Å². The highest BCUT2D eigenvalue weighted by atomic mass is 79.9. The molecule has 0 spiro atoms. The summed E-state index contributed by atoms with van der Waals surface area (Å²) in [5, 5.41) is 9.10. The van der Waals surface area contributed by atoms with Gasteiger partial charge in [0.25, 0.3) is 5.79 Å². The van der Waals surface area contributed by atoms with Gasteiger partial charge in [-0.1, -0.05) is 12.1 Å². The minimum Gasteiger partial charge on any atom is -0.419 e. The number of cyclic esters (lactones) is 2. The minimum atomic E-state index is -1.28. The van der Waals surface area contributed by atoms with E-state index in [-0.39, 0.29) is 5.57 Å². The third-order valence-corrected chi connectivity index (χ3v) is 3.24. The van der Waals surface area contributed by atoms with Crippen LogP contribution in [-0.2, 0) is 19.1 Å². The average Bonchev–Trinajstić information content (AvgIpc) is 2.32. The van der Waals surface area contributed by atoms with Crippen LogP contribution in [0.4, 0.5) is 0 Å². The lowest BCUT2D eigenvalue weighted by Gasteiger charge is -2.29. The fraction of sp³-hybridized carbons (Fsp3) is 0.214. The van der Waals surface area contributed by atoms with Crippen molar-refractivity contribution >= 4 is 33.9 Å². The number of hydrogen-bond donors (Lipinski definition) is 0. The van der Waals surface area contributed by atoms with Crippen molar-refractivity contribution in [1.82, 2.24) is 0 Å². The molecular weight excluding hydrogens is 326 g/mol. The molecule has 0 aromatic heterocycles. The predicted molar refractivity (Wildman–Crippen MR) is 73.1 cm³/mol. The maximum Gasteiger partial charge on any atom is 0.348 e. The van der Waals surface area contributed by atoms with E-state index in [9.17, 15) is 9.59 Å². The maximum absolute atomic E-state index is 11.8. The van der Waals surface area contributed by atoms with Gasteiger partial charge in [0.15, 0.2) is 0 Å². The molecule has 0 unspecified atom stereocenters. The number of rotatable bonds is 1. The van der Waals surface area contributed by atoms with Gasteiger partial charge in [-0.15, -0.1) is 0 Å². The zero-order valence-corrected chi connectivity index (χ0v) is 12.4. The molecule has 20 heavy (non-hydrogen) atoms. The number of nitriles is 1. The summed E-state index contributed by atoms with van der Waals surface area (Å²) in [7, 11) is 0. The Hall–Kier alpha value is -2.13. The van der Waals surface area contributed by atoms with Gasteiger partial charge in [-0.25, -0.2) is 9.59 Å². The first-order valence-electron chi connectivity index (χ1n) is 5.71. The van der Waals surface area contributed by atoms with Gasteiger partial charge in [0.05, 0.1) is 5.56 Å². The van der Waals surface area contributed by atoms with Crippen LogP contribution in [0.2, 0.25) is 0 Å². The highest BCUT2D eigenvalue weighted by Crippen LogP contribution is 2.26. The molecule has 0 amide bonds. The Balaban J connectivity index is 2.47. The Bertz CT molecular complexity index is 648. The summed E-state index contributed by atoms with van der Waals surface area (Å²) in [5.41, 5.74) is 0.523. The molecule has 2 rings (SSSR count). The molecule has 1 saturated heterocycles. The Kier molecular flexibility index (Phi) is 3.64. The van der Waals surface area contributed by atoms with Gasteiger partial charge < -0.3 is 9.47 Å². The lowest BCUT2D eigenvalue weighted by molar-refractivity contribution is -0.222. The van der Waals surface area contributed by atoms with E-state index in [0.717, 1.165) is 0 Å². The molecule has 1 aromatic carbocycles. The van der Waals surface area contributed by atoms with Crippen molar-refractivity contribution in [3.63, 3.8) is 0 Å². The quantitative estimate of drug-likeness (QED) is 0.447. The summed E-state index contributed by atoms with van der Waals surface area (Å²) < 4.78 is 10.6. The molecule has 0 N–H and O–H groups in total. The van der Waals surface area contributed by atoms with Crippen molar-refractivity contribution in [1.29, 1.82) is 5.26 Å². The highest BCUT2D eigenvalue weighted by Gasteiger charge is 2.38. The number of carbonyl (C=O) groups is 2. The van der Waals surface area contributed by atoms with Crippen molar-refractivity contribution < 1.29 is 19.1 Å².